The summed E-state index contributed by atoms with van der Waals surface area (Å²) in [4.78, 5) is 23.0. The third-order valence-electron chi connectivity index (χ3n) is 8.83. The minimum absolute atomic E-state index is 0.0873. The van der Waals surface area contributed by atoms with Crippen molar-refractivity contribution in [1.82, 2.24) is 9.97 Å². The molecule has 0 spiro atoms. The second kappa shape index (κ2) is 10.7. The number of carbonyl (C=O) groups excluding carboxylic acids is 1. The van der Waals surface area contributed by atoms with Gasteiger partial charge in [-0.3, -0.25) is 4.79 Å². The molecule has 36 heavy (non-hydrogen) atoms. The molecule has 1 N–H and O–H groups in total. The van der Waals surface area contributed by atoms with E-state index in [9.17, 15) is 4.79 Å². The van der Waals surface area contributed by atoms with E-state index >= 15 is 0 Å². The fraction of sp³-hybridized carbons (Fsp3) is 0.581. The molecule has 5 heteroatoms. The van der Waals surface area contributed by atoms with Crippen molar-refractivity contribution in [1.29, 1.82) is 0 Å². The number of rotatable bonds is 7. The van der Waals surface area contributed by atoms with Crippen LogP contribution in [0.1, 0.15) is 90.2 Å². The van der Waals surface area contributed by atoms with Crippen molar-refractivity contribution in [2.24, 2.45) is 17.3 Å². The van der Waals surface area contributed by atoms with E-state index in [0.717, 1.165) is 48.4 Å². The number of benzene rings is 1. The Kier molecular flexibility index (Phi) is 7.45. The molecule has 2 aromatic rings. The lowest BCUT2D eigenvalue weighted by molar-refractivity contribution is -0.117. The number of aromatic nitrogens is 2. The van der Waals surface area contributed by atoms with Gasteiger partial charge in [-0.2, -0.15) is 0 Å². The zero-order chi connectivity index (χ0) is 25.1. The SMILES string of the molecule is COc1ccc(-c2cnc(NC(=O)CC3CCCCC3)c(CC34CCC(C)=C(CC(C)C3)C4)n2)cc1. The first-order valence-corrected chi connectivity index (χ1v) is 13.9. The predicted molar refractivity (Wildman–Crippen MR) is 145 cm³/mol. The summed E-state index contributed by atoms with van der Waals surface area (Å²) in [6, 6.07) is 7.97. The molecule has 0 aliphatic heterocycles. The van der Waals surface area contributed by atoms with Crippen molar-refractivity contribution < 1.29 is 9.53 Å². The van der Waals surface area contributed by atoms with E-state index in [1.165, 1.54) is 44.9 Å². The number of anilines is 1. The normalized spacial score (nSPS) is 24.5. The predicted octanol–water partition coefficient (Wildman–Crippen LogP) is 7.52. The van der Waals surface area contributed by atoms with Gasteiger partial charge in [0.1, 0.15) is 5.75 Å². The maximum Gasteiger partial charge on any atom is 0.225 e. The second-order valence-corrected chi connectivity index (χ2v) is 11.8. The number of carbonyl (C=O) groups is 1. The molecule has 1 amide bonds. The molecule has 1 heterocycles. The van der Waals surface area contributed by atoms with E-state index in [-0.39, 0.29) is 11.3 Å². The van der Waals surface area contributed by atoms with Crippen LogP contribution in [-0.2, 0) is 11.2 Å². The van der Waals surface area contributed by atoms with Crippen molar-refractivity contribution in [3.8, 4) is 17.0 Å². The number of nitrogens with zero attached hydrogens (tertiary/aromatic N) is 2. The van der Waals surface area contributed by atoms with Crippen LogP contribution < -0.4 is 10.1 Å². The molecule has 5 nitrogen and oxygen atoms in total. The minimum atomic E-state index is 0.0873. The first-order valence-electron chi connectivity index (χ1n) is 13.9. The first-order chi connectivity index (χ1) is 17.4. The van der Waals surface area contributed by atoms with Crippen LogP contribution in [0.15, 0.2) is 41.6 Å². The van der Waals surface area contributed by atoms with Crippen molar-refractivity contribution in [2.45, 2.75) is 90.9 Å². The number of allylic oxidation sites excluding steroid dienone is 2. The Morgan fingerprint density at radius 1 is 1.17 bits per heavy atom. The molecular weight excluding hydrogens is 446 g/mol. The van der Waals surface area contributed by atoms with Crippen LogP contribution in [0.3, 0.4) is 0 Å². The van der Waals surface area contributed by atoms with Crippen LogP contribution in [0, 0.1) is 17.3 Å². The standard InChI is InChI=1S/C31H41N3O2/c1-21-15-25-18-31(17-21,14-13-22(25)2)19-27-30(34-29(35)16-23-7-5-4-6-8-23)32-20-28(33-27)24-9-11-26(36-3)12-10-24/h9-12,20-21,23H,4-8,13-19H2,1-3H3,(H,32,34,35). The molecule has 3 aliphatic carbocycles. The number of amides is 1. The summed E-state index contributed by atoms with van der Waals surface area (Å²) in [5.41, 5.74) is 6.26. The molecule has 5 rings (SSSR count). The van der Waals surface area contributed by atoms with Gasteiger partial charge in [0.2, 0.25) is 5.91 Å². The van der Waals surface area contributed by atoms with E-state index in [0.29, 0.717) is 24.1 Å². The summed E-state index contributed by atoms with van der Waals surface area (Å²) < 4.78 is 5.33. The highest BCUT2D eigenvalue weighted by Crippen LogP contribution is 2.52. The van der Waals surface area contributed by atoms with Gasteiger partial charge < -0.3 is 10.1 Å². The highest BCUT2D eigenvalue weighted by atomic mass is 16.5. The van der Waals surface area contributed by atoms with E-state index in [4.69, 9.17) is 14.7 Å². The monoisotopic (exact) mass is 487 g/mol. The Morgan fingerprint density at radius 3 is 2.69 bits per heavy atom. The number of methoxy groups -OCH3 is 1. The maximum absolute atomic E-state index is 13.1. The highest BCUT2D eigenvalue weighted by molar-refractivity contribution is 5.90. The van der Waals surface area contributed by atoms with Gasteiger partial charge in [-0.15, -0.1) is 0 Å². The molecule has 2 fully saturated rings. The molecule has 2 saturated carbocycles. The van der Waals surface area contributed by atoms with Crippen LogP contribution in [0.5, 0.6) is 5.75 Å². The number of fused-ring (bicyclic) bond motifs is 2. The van der Waals surface area contributed by atoms with E-state index < -0.39 is 0 Å². The summed E-state index contributed by atoms with van der Waals surface area (Å²) in [5.74, 6) is 2.76. The zero-order valence-electron chi connectivity index (χ0n) is 22.2. The number of ether oxygens (including phenoxy) is 1. The third-order valence-corrected chi connectivity index (χ3v) is 8.83. The summed E-state index contributed by atoms with van der Waals surface area (Å²) in [6.45, 7) is 4.71. The highest BCUT2D eigenvalue weighted by Gasteiger charge is 2.41. The quantitative estimate of drug-likeness (QED) is 0.410. The Labute approximate surface area is 216 Å². The van der Waals surface area contributed by atoms with Gasteiger partial charge in [0.05, 0.1) is 24.7 Å². The van der Waals surface area contributed by atoms with Crippen molar-refractivity contribution in [3.63, 3.8) is 0 Å². The summed E-state index contributed by atoms with van der Waals surface area (Å²) in [6.07, 6.45) is 15.4. The lowest BCUT2D eigenvalue weighted by atomic mass is 9.60. The number of hydrogen-bond donors (Lipinski definition) is 1. The average molecular weight is 488 g/mol. The van der Waals surface area contributed by atoms with Crippen LogP contribution >= 0.6 is 0 Å². The van der Waals surface area contributed by atoms with Crippen LogP contribution in [0.2, 0.25) is 0 Å². The fourth-order valence-electron chi connectivity index (χ4n) is 6.94. The molecule has 3 aliphatic rings. The number of nitrogens with one attached hydrogen (secondary N) is 1. The lowest BCUT2D eigenvalue weighted by Gasteiger charge is -2.45. The maximum atomic E-state index is 13.1. The summed E-state index contributed by atoms with van der Waals surface area (Å²) in [7, 11) is 1.68. The van der Waals surface area contributed by atoms with Crippen LogP contribution in [0.25, 0.3) is 11.3 Å². The fourth-order valence-corrected chi connectivity index (χ4v) is 6.94. The van der Waals surface area contributed by atoms with E-state index in [1.807, 2.05) is 24.3 Å². The Bertz CT molecular complexity index is 1120. The molecule has 2 bridgehead atoms. The molecule has 2 unspecified atom stereocenters. The molecule has 1 aromatic carbocycles. The molecule has 2 atom stereocenters. The van der Waals surface area contributed by atoms with Crippen molar-refractivity contribution >= 4 is 11.7 Å². The van der Waals surface area contributed by atoms with Gasteiger partial charge in [-0.05, 0) is 99.8 Å². The zero-order valence-corrected chi connectivity index (χ0v) is 22.2. The number of hydrogen-bond acceptors (Lipinski definition) is 4. The topological polar surface area (TPSA) is 64.1 Å². The molecule has 1 aromatic heterocycles. The smallest absolute Gasteiger partial charge is 0.225 e. The largest absolute Gasteiger partial charge is 0.497 e. The van der Waals surface area contributed by atoms with Crippen LogP contribution in [-0.4, -0.2) is 23.0 Å². The molecule has 0 saturated heterocycles. The molecule has 0 radical (unpaired) electrons. The average Bonchev–Trinajstić information content (AvgIpc) is 2.88. The lowest BCUT2D eigenvalue weighted by Crippen LogP contribution is -2.35. The van der Waals surface area contributed by atoms with E-state index in [2.05, 4.69) is 19.2 Å². The minimum Gasteiger partial charge on any atom is -0.497 e. The van der Waals surface area contributed by atoms with Gasteiger partial charge in [0.15, 0.2) is 5.82 Å². The van der Waals surface area contributed by atoms with Gasteiger partial charge in [0.25, 0.3) is 0 Å². The molecule has 192 valence electrons. The van der Waals surface area contributed by atoms with Crippen LogP contribution in [0.4, 0.5) is 5.82 Å². The first kappa shape index (κ1) is 25.0. The van der Waals surface area contributed by atoms with Gasteiger partial charge in [-0.1, -0.05) is 37.3 Å². The van der Waals surface area contributed by atoms with Crippen molar-refractivity contribution in [2.75, 3.05) is 12.4 Å². The van der Waals surface area contributed by atoms with E-state index in [1.54, 1.807) is 24.5 Å². The summed E-state index contributed by atoms with van der Waals surface area (Å²) >= 11 is 0. The Hall–Kier alpha value is -2.69. The van der Waals surface area contributed by atoms with Gasteiger partial charge in [0, 0.05) is 12.0 Å². The van der Waals surface area contributed by atoms with Gasteiger partial charge in [-0.25, -0.2) is 9.97 Å². The third kappa shape index (κ3) is 5.66. The summed E-state index contributed by atoms with van der Waals surface area (Å²) in [5, 5.41) is 3.19. The van der Waals surface area contributed by atoms with Crippen molar-refractivity contribution in [3.05, 3.63) is 47.3 Å². The van der Waals surface area contributed by atoms with Gasteiger partial charge >= 0.3 is 0 Å². The Balaban J connectivity index is 1.43. The second-order valence-electron chi connectivity index (χ2n) is 11.8. The molecular formula is C31H41N3O2. The Morgan fingerprint density at radius 2 is 1.94 bits per heavy atom.